The highest BCUT2D eigenvalue weighted by atomic mass is 16.7. The van der Waals surface area contributed by atoms with Crippen LogP contribution in [0.1, 0.15) is 60.8 Å². The molecule has 0 aromatic carbocycles. The summed E-state index contributed by atoms with van der Waals surface area (Å²) in [5, 5.41) is 10.7. The Labute approximate surface area is 222 Å². The van der Waals surface area contributed by atoms with Crippen LogP contribution in [-0.4, -0.2) is 91.2 Å². The van der Waals surface area contributed by atoms with Gasteiger partial charge in [-0.25, -0.2) is 0 Å². The van der Waals surface area contributed by atoms with E-state index in [0.717, 1.165) is 18.4 Å². The Balaban J connectivity index is 1.51. The molecule has 1 spiro atoms. The van der Waals surface area contributed by atoms with E-state index < -0.39 is 17.8 Å². The summed E-state index contributed by atoms with van der Waals surface area (Å²) in [5.74, 6) is 0.238. The summed E-state index contributed by atoms with van der Waals surface area (Å²) in [4.78, 5) is 14.5. The zero-order valence-corrected chi connectivity index (χ0v) is 23.8. The number of methoxy groups -OCH3 is 1. The number of likely N-dealkylation sites (N-methyl/N-ethyl adjacent to an activating group) is 1. The number of hydrogen-bond acceptors (Lipinski definition) is 7. The maximum absolute atomic E-state index is 12.7. The summed E-state index contributed by atoms with van der Waals surface area (Å²) in [6, 6.07) is 0.00817. The molecule has 3 fully saturated rings. The number of amides is 1. The summed E-state index contributed by atoms with van der Waals surface area (Å²) >= 11 is 0. The Morgan fingerprint density at radius 2 is 1.97 bits per heavy atom. The highest BCUT2D eigenvalue weighted by Crippen LogP contribution is 2.46. The lowest BCUT2D eigenvalue weighted by atomic mass is 9.83. The van der Waals surface area contributed by atoms with Gasteiger partial charge >= 0.3 is 0 Å². The molecule has 0 aliphatic carbocycles. The Hall–Kier alpha value is -1.55. The minimum atomic E-state index is -0.653. The molecule has 8 nitrogen and oxygen atoms in total. The highest BCUT2D eigenvalue weighted by molar-refractivity contribution is 5.87. The first kappa shape index (κ1) is 30.0. The summed E-state index contributed by atoms with van der Waals surface area (Å²) in [6.45, 7) is 13.0. The van der Waals surface area contributed by atoms with E-state index in [-0.39, 0.29) is 42.7 Å². The van der Waals surface area contributed by atoms with E-state index in [0.29, 0.717) is 18.9 Å². The van der Waals surface area contributed by atoms with E-state index >= 15 is 0 Å². The normalized spacial score (nSPS) is 36.8. The maximum Gasteiger partial charge on any atom is 0.246 e. The average Bonchev–Trinajstić information content (AvgIpc) is 3.61. The molecular weight excluding hydrogens is 474 g/mol. The topological polar surface area (TPSA) is 90.0 Å². The van der Waals surface area contributed by atoms with Crippen molar-refractivity contribution in [2.75, 3.05) is 27.6 Å². The third-order valence-electron chi connectivity index (χ3n) is 7.75. The van der Waals surface area contributed by atoms with Gasteiger partial charge in [-0.05, 0) is 53.4 Å². The molecule has 210 valence electrons. The standard InChI is InChI=1S/C29H47NO7/c1-19(10-13-25-27(32)29(17-35-29)16-28(5,6)37-25)9-12-24-20(2)15-23(22(4)36-24)30(7)26(31)14-11-21(3)34-18-33-8/h9-11,13-14,20-25,27,32H,12,15-18H2,1-8H3/b13-10+,14-11-,19-9+/t20-,21-,22+,23+,24-,25+,27+,29+/m0/s1. The molecule has 0 unspecified atom stereocenters. The van der Waals surface area contributed by atoms with Crippen LogP contribution in [0.5, 0.6) is 0 Å². The van der Waals surface area contributed by atoms with Gasteiger partial charge in [0.2, 0.25) is 5.91 Å². The first-order chi connectivity index (χ1) is 17.4. The number of ether oxygens (including phenoxy) is 5. The number of nitrogens with zero attached hydrogens (tertiary/aromatic N) is 1. The van der Waals surface area contributed by atoms with Gasteiger partial charge in [-0.2, -0.15) is 0 Å². The molecule has 0 bridgehead atoms. The van der Waals surface area contributed by atoms with Crippen LogP contribution in [0.25, 0.3) is 0 Å². The number of aliphatic hydroxyl groups is 1. The lowest BCUT2D eigenvalue weighted by Gasteiger charge is -2.42. The monoisotopic (exact) mass is 521 g/mol. The predicted molar refractivity (Wildman–Crippen MR) is 142 cm³/mol. The van der Waals surface area contributed by atoms with Gasteiger partial charge in [-0.15, -0.1) is 0 Å². The van der Waals surface area contributed by atoms with Gasteiger partial charge in [0.05, 0.1) is 36.6 Å². The fourth-order valence-electron chi connectivity index (χ4n) is 5.44. The second kappa shape index (κ2) is 12.5. The molecule has 8 atom stereocenters. The SMILES string of the molecule is COCO[C@@H](C)/C=C\C(=O)N(C)[C@@H]1C[C@H](C)[C@H](C/C=C(C)/C=C/[C@H]2OC(C)(C)C[C@@]3(CO3)[C@@H]2O)O[C@@H]1C. The van der Waals surface area contributed by atoms with Crippen LogP contribution >= 0.6 is 0 Å². The molecule has 3 aliphatic heterocycles. The van der Waals surface area contributed by atoms with E-state index in [1.165, 1.54) is 0 Å². The minimum Gasteiger partial charge on any atom is -0.387 e. The molecule has 1 N–H and O–H groups in total. The van der Waals surface area contributed by atoms with Crippen molar-refractivity contribution in [3.63, 3.8) is 0 Å². The third kappa shape index (κ3) is 7.97. The van der Waals surface area contributed by atoms with Crippen LogP contribution in [0.2, 0.25) is 0 Å². The van der Waals surface area contributed by atoms with Gasteiger partial charge < -0.3 is 33.7 Å². The van der Waals surface area contributed by atoms with Crippen LogP contribution in [0.15, 0.2) is 36.0 Å². The summed E-state index contributed by atoms with van der Waals surface area (Å²) in [7, 11) is 3.40. The fraction of sp³-hybridized carbons (Fsp3) is 0.759. The van der Waals surface area contributed by atoms with E-state index in [9.17, 15) is 9.90 Å². The van der Waals surface area contributed by atoms with Crippen molar-refractivity contribution in [3.8, 4) is 0 Å². The Bertz CT molecular complexity index is 862. The molecule has 3 aliphatic rings. The van der Waals surface area contributed by atoms with Gasteiger partial charge in [-0.1, -0.05) is 36.8 Å². The first-order valence-electron chi connectivity index (χ1n) is 13.4. The number of carbonyl (C=O) groups is 1. The molecule has 0 radical (unpaired) electrons. The van der Waals surface area contributed by atoms with E-state index in [1.807, 2.05) is 46.9 Å². The van der Waals surface area contributed by atoms with Crippen LogP contribution < -0.4 is 0 Å². The number of allylic oxidation sites excluding steroid dienone is 2. The molecule has 8 heteroatoms. The smallest absolute Gasteiger partial charge is 0.246 e. The molecule has 0 aromatic rings. The van der Waals surface area contributed by atoms with Crippen LogP contribution in [0, 0.1) is 5.92 Å². The molecular formula is C29H47NO7. The quantitative estimate of drug-likeness (QED) is 0.203. The minimum absolute atomic E-state index is 0.00817. The van der Waals surface area contributed by atoms with Crippen LogP contribution in [0.4, 0.5) is 0 Å². The predicted octanol–water partition coefficient (Wildman–Crippen LogP) is 3.78. The Morgan fingerprint density at radius 3 is 2.62 bits per heavy atom. The number of hydrogen-bond donors (Lipinski definition) is 1. The second-order valence-corrected chi connectivity index (χ2v) is 11.6. The third-order valence-corrected chi connectivity index (χ3v) is 7.75. The van der Waals surface area contributed by atoms with Crippen molar-refractivity contribution >= 4 is 5.91 Å². The first-order valence-corrected chi connectivity index (χ1v) is 13.4. The summed E-state index contributed by atoms with van der Waals surface area (Å²) < 4.78 is 28.4. The lowest BCUT2D eigenvalue weighted by molar-refractivity contribution is -0.171. The highest BCUT2D eigenvalue weighted by Gasteiger charge is 2.60. The number of carbonyl (C=O) groups excluding carboxylic acids is 1. The molecule has 3 rings (SSSR count). The second-order valence-electron chi connectivity index (χ2n) is 11.6. The molecule has 3 saturated heterocycles. The van der Waals surface area contributed by atoms with E-state index in [1.54, 1.807) is 24.2 Å². The van der Waals surface area contributed by atoms with Crippen molar-refractivity contribution in [2.45, 2.75) is 109 Å². The Morgan fingerprint density at radius 1 is 1.27 bits per heavy atom. The summed E-state index contributed by atoms with van der Waals surface area (Å²) in [5.41, 5.74) is 0.311. The van der Waals surface area contributed by atoms with Gasteiger partial charge in [0.15, 0.2) is 0 Å². The molecule has 37 heavy (non-hydrogen) atoms. The van der Waals surface area contributed by atoms with Gasteiger partial charge in [0.25, 0.3) is 0 Å². The maximum atomic E-state index is 12.7. The molecule has 3 heterocycles. The number of epoxide rings is 1. The van der Waals surface area contributed by atoms with Crippen molar-refractivity contribution in [1.82, 2.24) is 4.90 Å². The average molecular weight is 522 g/mol. The van der Waals surface area contributed by atoms with Crippen molar-refractivity contribution in [2.24, 2.45) is 5.92 Å². The van der Waals surface area contributed by atoms with Gasteiger partial charge in [-0.3, -0.25) is 4.79 Å². The molecule has 0 saturated carbocycles. The van der Waals surface area contributed by atoms with Crippen molar-refractivity contribution in [3.05, 3.63) is 36.0 Å². The van der Waals surface area contributed by atoms with E-state index in [4.69, 9.17) is 23.7 Å². The van der Waals surface area contributed by atoms with Gasteiger partial charge in [0, 0.05) is 26.7 Å². The molecule has 0 aromatic heterocycles. The molecule has 1 amide bonds. The van der Waals surface area contributed by atoms with E-state index in [2.05, 4.69) is 19.9 Å². The van der Waals surface area contributed by atoms with Gasteiger partial charge in [0.1, 0.15) is 24.6 Å². The lowest BCUT2D eigenvalue weighted by Crippen LogP contribution is -2.53. The number of aliphatic hydroxyl groups excluding tert-OH is 1. The number of rotatable bonds is 10. The Kier molecular flexibility index (Phi) is 10.2. The van der Waals surface area contributed by atoms with Crippen molar-refractivity contribution in [1.29, 1.82) is 0 Å². The summed E-state index contributed by atoms with van der Waals surface area (Å²) in [6.07, 6.45) is 10.6. The fourth-order valence-corrected chi connectivity index (χ4v) is 5.44. The largest absolute Gasteiger partial charge is 0.387 e. The van der Waals surface area contributed by atoms with Crippen LogP contribution in [-0.2, 0) is 28.5 Å². The zero-order valence-electron chi connectivity index (χ0n) is 23.8. The van der Waals surface area contributed by atoms with Crippen molar-refractivity contribution < 1.29 is 33.6 Å². The zero-order chi connectivity index (χ0) is 27.4. The van der Waals surface area contributed by atoms with Crippen LogP contribution in [0.3, 0.4) is 0 Å².